The number of hydrogen-bond donors (Lipinski definition) is 2. The molecule has 4 N–H and O–H groups in total. The first-order valence-electron chi connectivity index (χ1n) is 9.51. The Kier molecular flexibility index (Phi) is 3.99. The van der Waals surface area contributed by atoms with Crippen LogP contribution in [0.1, 0.15) is 31.7 Å². The second-order valence-corrected chi connectivity index (χ2v) is 7.48. The summed E-state index contributed by atoms with van der Waals surface area (Å²) in [7, 11) is 0. The molecular formula is C20H22FN5O2. The van der Waals surface area contributed by atoms with Crippen molar-refractivity contribution in [2.45, 2.75) is 37.5 Å². The predicted molar refractivity (Wildman–Crippen MR) is 104 cm³/mol. The van der Waals surface area contributed by atoms with Crippen molar-refractivity contribution in [3.05, 3.63) is 36.5 Å². The minimum atomic E-state index is -0.455. The Labute approximate surface area is 161 Å². The lowest BCUT2D eigenvalue weighted by atomic mass is 9.90. The topological polar surface area (TPSA) is 101 Å². The largest absolute Gasteiger partial charge is 0.396 e. The van der Waals surface area contributed by atoms with Gasteiger partial charge in [-0.25, -0.2) is 14.4 Å². The molecule has 0 atom stereocenters. The van der Waals surface area contributed by atoms with E-state index < -0.39 is 11.6 Å². The van der Waals surface area contributed by atoms with E-state index >= 15 is 0 Å². The molecule has 3 aromatic rings. The van der Waals surface area contributed by atoms with Crippen LogP contribution in [0.2, 0.25) is 0 Å². The number of halogens is 1. The lowest BCUT2D eigenvalue weighted by molar-refractivity contribution is -0.181. The zero-order chi connectivity index (χ0) is 19.3. The Bertz CT molecular complexity index is 1030. The van der Waals surface area contributed by atoms with Crippen molar-refractivity contribution in [2.24, 2.45) is 0 Å². The summed E-state index contributed by atoms with van der Waals surface area (Å²) in [5.41, 5.74) is 14.2. The second-order valence-electron chi connectivity index (χ2n) is 7.48. The van der Waals surface area contributed by atoms with Gasteiger partial charge in [0.05, 0.1) is 24.3 Å². The Morgan fingerprint density at radius 1 is 1.11 bits per heavy atom. The number of nitrogens with two attached hydrogens (primary N) is 2. The first-order chi connectivity index (χ1) is 13.6. The van der Waals surface area contributed by atoms with E-state index in [1.807, 2.05) is 6.20 Å². The molecule has 5 rings (SSSR count). The molecule has 0 radical (unpaired) electrons. The summed E-state index contributed by atoms with van der Waals surface area (Å²) in [4.78, 5) is 8.63. The quantitative estimate of drug-likeness (QED) is 0.659. The third kappa shape index (κ3) is 2.71. The van der Waals surface area contributed by atoms with Crippen LogP contribution in [-0.2, 0) is 9.47 Å². The van der Waals surface area contributed by atoms with E-state index in [0.29, 0.717) is 24.6 Å². The first-order valence-corrected chi connectivity index (χ1v) is 9.51. The smallest absolute Gasteiger partial charge is 0.168 e. The van der Waals surface area contributed by atoms with Gasteiger partial charge in [-0.15, -0.1) is 0 Å². The normalized spacial score (nSPS) is 19.6. The van der Waals surface area contributed by atoms with E-state index in [4.69, 9.17) is 20.9 Å². The summed E-state index contributed by atoms with van der Waals surface area (Å²) < 4.78 is 27.9. The van der Waals surface area contributed by atoms with Crippen molar-refractivity contribution < 1.29 is 13.9 Å². The Balaban J connectivity index is 1.57. The van der Waals surface area contributed by atoms with Gasteiger partial charge in [-0.2, -0.15) is 0 Å². The molecule has 1 saturated heterocycles. The second kappa shape index (κ2) is 6.42. The van der Waals surface area contributed by atoms with Crippen LogP contribution in [-0.4, -0.2) is 33.5 Å². The fourth-order valence-corrected chi connectivity index (χ4v) is 4.41. The molecule has 0 unspecified atom stereocenters. The fraction of sp³-hybridized carbons (Fsp3) is 0.400. The highest BCUT2D eigenvalue weighted by molar-refractivity contribution is 6.00. The first kappa shape index (κ1) is 17.4. The molecule has 0 bridgehead atoms. The molecule has 3 heterocycles. The number of hydrogen-bond acceptors (Lipinski definition) is 6. The van der Waals surface area contributed by atoms with E-state index in [1.165, 1.54) is 12.4 Å². The summed E-state index contributed by atoms with van der Waals surface area (Å²) in [5, 5.41) is 0.736. The van der Waals surface area contributed by atoms with Gasteiger partial charge in [0.1, 0.15) is 23.6 Å². The monoisotopic (exact) mass is 383 g/mol. The van der Waals surface area contributed by atoms with E-state index in [2.05, 4.69) is 14.5 Å². The Hall–Kier alpha value is -2.71. The highest BCUT2D eigenvalue weighted by Crippen LogP contribution is 2.43. The van der Waals surface area contributed by atoms with Gasteiger partial charge in [-0.1, -0.05) is 6.07 Å². The molecule has 2 fully saturated rings. The summed E-state index contributed by atoms with van der Waals surface area (Å²) in [6.45, 7) is 1.32. The molecule has 146 valence electrons. The van der Waals surface area contributed by atoms with Crippen LogP contribution < -0.4 is 11.5 Å². The van der Waals surface area contributed by atoms with Gasteiger partial charge in [0.15, 0.2) is 5.79 Å². The van der Waals surface area contributed by atoms with Crippen LogP contribution >= 0.6 is 0 Å². The molecule has 1 saturated carbocycles. The highest BCUT2D eigenvalue weighted by atomic mass is 19.1. The number of anilines is 2. The van der Waals surface area contributed by atoms with E-state index in [1.54, 1.807) is 12.1 Å². The van der Waals surface area contributed by atoms with Crippen molar-refractivity contribution in [3.63, 3.8) is 0 Å². The van der Waals surface area contributed by atoms with Crippen molar-refractivity contribution in [2.75, 3.05) is 24.7 Å². The number of ether oxygens (including phenoxy) is 2. The number of fused-ring (bicyclic) bond motifs is 1. The zero-order valence-electron chi connectivity index (χ0n) is 15.4. The number of benzene rings is 1. The van der Waals surface area contributed by atoms with Crippen LogP contribution in [0.4, 0.5) is 15.9 Å². The number of rotatable bonds is 2. The van der Waals surface area contributed by atoms with Crippen molar-refractivity contribution in [1.82, 2.24) is 14.5 Å². The van der Waals surface area contributed by atoms with Gasteiger partial charge in [-0.3, -0.25) is 0 Å². The number of aromatic nitrogens is 3. The van der Waals surface area contributed by atoms with Crippen molar-refractivity contribution in [1.29, 1.82) is 0 Å². The maximum atomic E-state index is 14.1. The Morgan fingerprint density at radius 2 is 1.86 bits per heavy atom. The van der Waals surface area contributed by atoms with Gasteiger partial charge >= 0.3 is 0 Å². The Morgan fingerprint density at radius 3 is 2.57 bits per heavy atom. The summed E-state index contributed by atoms with van der Waals surface area (Å²) >= 11 is 0. The average molecular weight is 383 g/mol. The fourth-order valence-electron chi connectivity index (χ4n) is 4.41. The van der Waals surface area contributed by atoms with E-state index in [-0.39, 0.29) is 11.7 Å². The van der Waals surface area contributed by atoms with Crippen molar-refractivity contribution >= 4 is 22.5 Å². The zero-order valence-corrected chi connectivity index (χ0v) is 15.4. The number of nitrogens with zero attached hydrogens (tertiary/aromatic N) is 3. The molecule has 8 heteroatoms. The standard InChI is InChI=1S/C20H22FN5O2/c21-15-9-12(1-2-16(15)22)14-10-26(19-17(14)18(23)24-11-25-19)13-3-5-20(6-4-13)27-7-8-28-20/h1-2,9-11,13H,3-8,22H2,(H2,23,24,25). The molecular weight excluding hydrogens is 361 g/mol. The van der Waals surface area contributed by atoms with E-state index in [0.717, 1.165) is 42.3 Å². The molecule has 1 aliphatic heterocycles. The van der Waals surface area contributed by atoms with Crippen LogP contribution in [0.5, 0.6) is 0 Å². The van der Waals surface area contributed by atoms with Gasteiger partial charge in [0, 0.05) is 30.6 Å². The van der Waals surface area contributed by atoms with Gasteiger partial charge < -0.3 is 25.5 Å². The average Bonchev–Trinajstić information content (AvgIpc) is 3.31. The molecule has 28 heavy (non-hydrogen) atoms. The highest BCUT2D eigenvalue weighted by Gasteiger charge is 2.41. The molecule has 2 aliphatic rings. The predicted octanol–water partition coefficient (Wildman–Crippen LogP) is 3.26. The van der Waals surface area contributed by atoms with Gasteiger partial charge in [0.2, 0.25) is 0 Å². The minimum Gasteiger partial charge on any atom is -0.396 e. The maximum absolute atomic E-state index is 14.1. The molecule has 2 aromatic heterocycles. The molecule has 1 spiro atoms. The summed E-state index contributed by atoms with van der Waals surface area (Å²) in [6, 6.07) is 5.02. The van der Waals surface area contributed by atoms with Crippen LogP contribution in [0.25, 0.3) is 22.2 Å². The number of nitrogen functional groups attached to an aromatic ring is 2. The van der Waals surface area contributed by atoms with E-state index in [9.17, 15) is 4.39 Å². The molecule has 7 nitrogen and oxygen atoms in total. The maximum Gasteiger partial charge on any atom is 0.168 e. The minimum absolute atomic E-state index is 0.117. The molecule has 1 aliphatic carbocycles. The molecule has 0 amide bonds. The summed E-state index contributed by atoms with van der Waals surface area (Å²) in [5.74, 6) is -0.495. The summed E-state index contributed by atoms with van der Waals surface area (Å²) in [6.07, 6.45) is 6.95. The van der Waals surface area contributed by atoms with Crippen LogP contribution in [0.3, 0.4) is 0 Å². The van der Waals surface area contributed by atoms with Gasteiger partial charge in [-0.05, 0) is 30.5 Å². The van der Waals surface area contributed by atoms with Crippen molar-refractivity contribution in [3.8, 4) is 11.1 Å². The third-order valence-electron chi connectivity index (χ3n) is 5.87. The van der Waals surface area contributed by atoms with Gasteiger partial charge in [0.25, 0.3) is 0 Å². The molecule has 1 aromatic carbocycles. The third-order valence-corrected chi connectivity index (χ3v) is 5.87. The van der Waals surface area contributed by atoms with Crippen LogP contribution in [0.15, 0.2) is 30.7 Å². The lowest BCUT2D eigenvalue weighted by Crippen LogP contribution is -2.35. The SMILES string of the molecule is Nc1ccc(-c2cn(C3CCC4(CC3)OCCO4)c3ncnc(N)c23)cc1F. The van der Waals surface area contributed by atoms with Crippen LogP contribution in [0, 0.1) is 5.82 Å². The lowest BCUT2D eigenvalue weighted by Gasteiger charge is -2.36.